The molecule has 0 saturated heterocycles. The van der Waals surface area contributed by atoms with Crippen LogP contribution in [-0.2, 0) is 24.1 Å². The molecular formula is C17H23N3O4. The van der Waals surface area contributed by atoms with Crippen LogP contribution in [0.15, 0.2) is 11.8 Å². The van der Waals surface area contributed by atoms with E-state index < -0.39 is 11.7 Å². The van der Waals surface area contributed by atoms with E-state index in [1.54, 1.807) is 20.8 Å². The topological polar surface area (TPSA) is 84.7 Å². The van der Waals surface area contributed by atoms with Crippen LogP contribution < -0.4 is 0 Å². The van der Waals surface area contributed by atoms with E-state index >= 15 is 0 Å². The summed E-state index contributed by atoms with van der Waals surface area (Å²) >= 11 is 0. The van der Waals surface area contributed by atoms with Crippen LogP contribution in [0.25, 0.3) is 0 Å². The largest absolute Gasteiger partial charge is 0.516 e. The van der Waals surface area contributed by atoms with Crippen molar-refractivity contribution < 1.29 is 19.4 Å². The van der Waals surface area contributed by atoms with Crippen molar-refractivity contribution in [1.82, 2.24) is 14.7 Å². The summed E-state index contributed by atoms with van der Waals surface area (Å²) in [6.45, 7) is 6.30. The number of imide groups is 1. The van der Waals surface area contributed by atoms with Gasteiger partial charge < -0.3 is 9.84 Å². The summed E-state index contributed by atoms with van der Waals surface area (Å²) in [6, 6.07) is 0. The SMILES string of the molecule is CC(C)(C)OC(=O)N1CCc2nn3c(c2C1=O)CC(=CO)CCC3. The van der Waals surface area contributed by atoms with E-state index in [-0.39, 0.29) is 12.5 Å². The van der Waals surface area contributed by atoms with Gasteiger partial charge in [-0.1, -0.05) is 0 Å². The number of allylic oxidation sites excluding steroid dienone is 1. The van der Waals surface area contributed by atoms with Gasteiger partial charge in [-0.05, 0) is 39.2 Å². The molecular weight excluding hydrogens is 310 g/mol. The molecule has 3 heterocycles. The molecule has 0 bridgehead atoms. The van der Waals surface area contributed by atoms with Gasteiger partial charge in [-0.3, -0.25) is 9.48 Å². The third kappa shape index (κ3) is 3.02. The molecule has 0 unspecified atom stereocenters. The van der Waals surface area contributed by atoms with Gasteiger partial charge in [0, 0.05) is 25.9 Å². The van der Waals surface area contributed by atoms with E-state index in [0.717, 1.165) is 41.0 Å². The predicted octanol–water partition coefficient (Wildman–Crippen LogP) is 2.59. The second kappa shape index (κ2) is 5.96. The Balaban J connectivity index is 1.93. The molecule has 0 spiro atoms. The van der Waals surface area contributed by atoms with Crippen LogP contribution >= 0.6 is 0 Å². The number of carbonyl (C=O) groups is 2. The maximum absolute atomic E-state index is 12.9. The van der Waals surface area contributed by atoms with Crippen LogP contribution in [0.1, 0.15) is 55.4 Å². The van der Waals surface area contributed by atoms with Crippen molar-refractivity contribution in [2.24, 2.45) is 0 Å². The Morgan fingerprint density at radius 2 is 2.04 bits per heavy atom. The van der Waals surface area contributed by atoms with E-state index in [2.05, 4.69) is 5.10 Å². The summed E-state index contributed by atoms with van der Waals surface area (Å²) in [5.74, 6) is -0.356. The highest BCUT2D eigenvalue weighted by atomic mass is 16.6. The molecule has 3 rings (SSSR count). The fraction of sp³-hybridized carbons (Fsp3) is 0.588. The normalized spacial score (nSPS) is 19.7. The van der Waals surface area contributed by atoms with E-state index in [9.17, 15) is 14.7 Å². The van der Waals surface area contributed by atoms with Crippen LogP contribution in [0.5, 0.6) is 0 Å². The maximum Gasteiger partial charge on any atom is 0.417 e. The smallest absolute Gasteiger partial charge is 0.417 e. The molecule has 0 aliphatic carbocycles. The first-order chi connectivity index (χ1) is 11.3. The van der Waals surface area contributed by atoms with Gasteiger partial charge in [0.15, 0.2) is 0 Å². The molecule has 7 nitrogen and oxygen atoms in total. The van der Waals surface area contributed by atoms with Crippen LogP contribution in [0, 0.1) is 0 Å². The number of carbonyl (C=O) groups excluding carboxylic acids is 2. The number of rotatable bonds is 0. The van der Waals surface area contributed by atoms with Gasteiger partial charge in [0.25, 0.3) is 5.91 Å². The number of aryl methyl sites for hydroxylation is 1. The van der Waals surface area contributed by atoms with Crippen molar-refractivity contribution >= 4 is 12.0 Å². The molecule has 24 heavy (non-hydrogen) atoms. The quantitative estimate of drug-likeness (QED) is 0.738. The van der Waals surface area contributed by atoms with Crippen LogP contribution in [0.4, 0.5) is 4.79 Å². The Hall–Kier alpha value is -2.31. The number of nitrogens with zero attached hydrogens (tertiary/aromatic N) is 3. The van der Waals surface area contributed by atoms with Gasteiger partial charge in [0.1, 0.15) is 5.60 Å². The van der Waals surface area contributed by atoms with E-state index in [4.69, 9.17) is 4.74 Å². The van der Waals surface area contributed by atoms with E-state index in [1.807, 2.05) is 4.68 Å². The minimum absolute atomic E-state index is 0.278. The first-order valence-electron chi connectivity index (χ1n) is 8.25. The second-order valence-corrected chi connectivity index (χ2v) is 7.25. The van der Waals surface area contributed by atoms with Gasteiger partial charge in [-0.2, -0.15) is 5.10 Å². The van der Waals surface area contributed by atoms with Gasteiger partial charge >= 0.3 is 6.09 Å². The number of fused-ring (bicyclic) bond motifs is 3. The summed E-state index contributed by atoms with van der Waals surface area (Å²) in [4.78, 5) is 26.3. The average Bonchev–Trinajstić information content (AvgIpc) is 2.70. The van der Waals surface area contributed by atoms with Crippen molar-refractivity contribution in [2.75, 3.05) is 6.54 Å². The number of hydrogen-bond donors (Lipinski definition) is 1. The van der Waals surface area contributed by atoms with Crippen molar-refractivity contribution in [3.05, 3.63) is 28.8 Å². The first-order valence-corrected chi connectivity index (χ1v) is 8.25. The van der Waals surface area contributed by atoms with Gasteiger partial charge in [-0.15, -0.1) is 0 Å². The first kappa shape index (κ1) is 16.5. The fourth-order valence-corrected chi connectivity index (χ4v) is 3.15. The molecule has 0 fully saturated rings. The number of aliphatic hydroxyl groups is 1. The summed E-state index contributed by atoms with van der Waals surface area (Å²) in [5, 5.41) is 13.9. The van der Waals surface area contributed by atoms with Crippen LogP contribution in [0.3, 0.4) is 0 Å². The van der Waals surface area contributed by atoms with Crippen LogP contribution in [0.2, 0.25) is 0 Å². The molecule has 2 aliphatic heterocycles. The molecule has 2 amide bonds. The Morgan fingerprint density at radius 1 is 1.29 bits per heavy atom. The Bertz CT molecular complexity index is 712. The minimum Gasteiger partial charge on any atom is -0.516 e. The molecule has 130 valence electrons. The average molecular weight is 333 g/mol. The molecule has 7 heteroatoms. The third-order valence-corrected chi connectivity index (χ3v) is 4.22. The number of ether oxygens (including phenoxy) is 1. The van der Waals surface area contributed by atoms with Crippen LogP contribution in [-0.4, -0.2) is 43.9 Å². The number of hydrogen-bond acceptors (Lipinski definition) is 5. The van der Waals surface area contributed by atoms with Crippen molar-refractivity contribution in [2.45, 2.75) is 58.6 Å². The van der Waals surface area contributed by atoms with Crippen molar-refractivity contribution in [3.63, 3.8) is 0 Å². The molecule has 2 aliphatic rings. The monoisotopic (exact) mass is 333 g/mol. The standard InChI is InChI=1S/C17H23N3O4/c1-17(2,3)24-16(23)19-8-6-12-14(15(19)22)13-9-11(10-21)5-4-7-20(13)18-12/h10,21H,4-9H2,1-3H3. The summed E-state index contributed by atoms with van der Waals surface area (Å²) in [5.41, 5.74) is 2.22. The lowest BCUT2D eigenvalue weighted by atomic mass is 10.00. The Kier molecular flexibility index (Phi) is 4.11. The zero-order valence-electron chi connectivity index (χ0n) is 14.3. The van der Waals surface area contributed by atoms with Crippen molar-refractivity contribution in [3.8, 4) is 0 Å². The summed E-state index contributed by atoms with van der Waals surface area (Å²) in [7, 11) is 0. The Labute approximate surface area is 140 Å². The fourth-order valence-electron chi connectivity index (χ4n) is 3.15. The molecule has 0 atom stereocenters. The molecule has 1 aromatic heterocycles. The summed E-state index contributed by atoms with van der Waals surface area (Å²) < 4.78 is 7.18. The highest BCUT2D eigenvalue weighted by Crippen LogP contribution is 2.28. The van der Waals surface area contributed by atoms with Gasteiger partial charge in [0.2, 0.25) is 0 Å². The lowest BCUT2D eigenvalue weighted by Crippen LogP contribution is -2.44. The highest BCUT2D eigenvalue weighted by molar-refractivity contribution is 6.05. The number of aromatic nitrogens is 2. The highest BCUT2D eigenvalue weighted by Gasteiger charge is 2.37. The van der Waals surface area contributed by atoms with E-state index in [0.29, 0.717) is 24.9 Å². The maximum atomic E-state index is 12.9. The van der Waals surface area contributed by atoms with Crippen molar-refractivity contribution in [1.29, 1.82) is 0 Å². The summed E-state index contributed by atoms with van der Waals surface area (Å²) in [6.07, 6.45) is 3.14. The molecule has 0 saturated carbocycles. The zero-order chi connectivity index (χ0) is 17.5. The number of aliphatic hydroxyl groups excluding tert-OH is 1. The molecule has 0 radical (unpaired) electrons. The third-order valence-electron chi connectivity index (χ3n) is 4.22. The lowest BCUT2D eigenvalue weighted by molar-refractivity contribution is 0.0233. The zero-order valence-corrected chi connectivity index (χ0v) is 14.3. The lowest BCUT2D eigenvalue weighted by Gasteiger charge is -2.28. The molecule has 1 N–H and O–H groups in total. The molecule has 0 aromatic carbocycles. The van der Waals surface area contributed by atoms with Gasteiger partial charge in [-0.25, -0.2) is 9.69 Å². The van der Waals surface area contributed by atoms with Gasteiger partial charge in [0.05, 0.1) is 23.2 Å². The second-order valence-electron chi connectivity index (χ2n) is 7.25. The van der Waals surface area contributed by atoms with E-state index in [1.165, 1.54) is 0 Å². The predicted molar refractivity (Wildman–Crippen MR) is 86.9 cm³/mol. The number of amides is 2. The Morgan fingerprint density at radius 3 is 2.71 bits per heavy atom. The minimum atomic E-state index is -0.652. The molecule has 1 aromatic rings.